The third-order valence-electron chi connectivity index (χ3n) is 2.36. The molecule has 2 rings (SSSR count). The molecular weight excluding hydrogens is 207 g/mol. The second-order valence-corrected chi connectivity index (χ2v) is 3.58. The average Bonchev–Trinajstić information content (AvgIpc) is 2.27. The van der Waals surface area contributed by atoms with E-state index < -0.39 is 0 Å². The minimum Gasteiger partial charge on any atom is -0.370 e. The van der Waals surface area contributed by atoms with Crippen LogP contribution in [0.2, 0.25) is 0 Å². The summed E-state index contributed by atoms with van der Waals surface area (Å²) in [7, 11) is 0. The Hall–Kier alpha value is -1.97. The molecule has 0 saturated heterocycles. The van der Waals surface area contributed by atoms with Gasteiger partial charge in [0.15, 0.2) is 0 Å². The topological polar surface area (TPSA) is 56.0 Å². The first kappa shape index (κ1) is 10.5. The Kier molecular flexibility index (Phi) is 2.81. The summed E-state index contributed by atoms with van der Waals surface area (Å²) in [6.45, 7) is 0. The minimum absolute atomic E-state index is 0.229. The lowest BCUT2D eigenvalue weighted by molar-refractivity contribution is -0.118. The molecule has 3 nitrogen and oxygen atoms in total. The molecule has 0 spiro atoms. The summed E-state index contributed by atoms with van der Waals surface area (Å²) in [5.74, 6) is -0.728. The molecule has 0 atom stereocenters. The number of nitrogens with two attached hydrogens (primary N) is 1. The number of benzene rings is 1. The van der Waals surface area contributed by atoms with E-state index in [-0.39, 0.29) is 18.1 Å². The van der Waals surface area contributed by atoms with E-state index in [0.29, 0.717) is 17.6 Å². The maximum atomic E-state index is 13.4. The first-order chi connectivity index (χ1) is 7.66. The normalized spacial score (nSPS) is 10.6. The molecule has 16 heavy (non-hydrogen) atoms. The van der Waals surface area contributed by atoms with E-state index >= 15 is 0 Å². The summed E-state index contributed by atoms with van der Waals surface area (Å²) >= 11 is 0. The Labute approximate surface area is 92.1 Å². The van der Waals surface area contributed by atoms with Crippen molar-refractivity contribution in [3.05, 3.63) is 41.8 Å². The Morgan fingerprint density at radius 2 is 2.12 bits per heavy atom. The molecule has 0 fully saturated rings. The van der Waals surface area contributed by atoms with Crippen LogP contribution >= 0.6 is 0 Å². The number of rotatable bonds is 3. The van der Waals surface area contributed by atoms with E-state index in [2.05, 4.69) is 4.98 Å². The number of primary amides is 1. The van der Waals surface area contributed by atoms with E-state index in [1.807, 2.05) is 0 Å². The number of nitrogens with zero attached hydrogens (tertiary/aromatic N) is 1. The van der Waals surface area contributed by atoms with Crippen LogP contribution in [-0.2, 0) is 11.2 Å². The number of aromatic nitrogens is 1. The van der Waals surface area contributed by atoms with E-state index in [4.69, 9.17) is 5.73 Å². The number of fused-ring (bicyclic) bond motifs is 1. The van der Waals surface area contributed by atoms with Crippen molar-refractivity contribution in [3.63, 3.8) is 0 Å². The fourth-order valence-electron chi connectivity index (χ4n) is 1.54. The Bertz CT molecular complexity index is 540. The van der Waals surface area contributed by atoms with Crippen molar-refractivity contribution in [2.45, 2.75) is 12.8 Å². The third kappa shape index (κ3) is 2.16. The van der Waals surface area contributed by atoms with Crippen LogP contribution in [0.5, 0.6) is 0 Å². The maximum Gasteiger partial charge on any atom is 0.217 e. The van der Waals surface area contributed by atoms with Crippen molar-refractivity contribution in [2.24, 2.45) is 5.73 Å². The lowest BCUT2D eigenvalue weighted by Gasteiger charge is -2.02. The predicted molar refractivity (Wildman–Crippen MR) is 59.2 cm³/mol. The molecule has 82 valence electrons. The molecular formula is C12H11FN2O. The summed E-state index contributed by atoms with van der Waals surface area (Å²) in [5.41, 5.74) is 6.06. The van der Waals surface area contributed by atoms with Gasteiger partial charge in [0.25, 0.3) is 0 Å². The van der Waals surface area contributed by atoms with Crippen molar-refractivity contribution in [1.29, 1.82) is 0 Å². The molecule has 0 saturated carbocycles. The molecule has 1 aromatic heterocycles. The third-order valence-corrected chi connectivity index (χ3v) is 2.36. The molecule has 0 radical (unpaired) electrons. The van der Waals surface area contributed by atoms with Gasteiger partial charge >= 0.3 is 0 Å². The Balaban J connectivity index is 2.35. The number of hydrogen-bond donors (Lipinski definition) is 1. The molecule has 0 unspecified atom stereocenters. The molecule has 0 aliphatic carbocycles. The minimum atomic E-state index is -0.379. The monoisotopic (exact) mass is 218 g/mol. The number of pyridine rings is 1. The van der Waals surface area contributed by atoms with E-state index in [1.54, 1.807) is 24.3 Å². The molecule has 0 aliphatic heterocycles. The van der Waals surface area contributed by atoms with Crippen LogP contribution in [0.15, 0.2) is 30.3 Å². The fraction of sp³-hybridized carbons (Fsp3) is 0.167. The van der Waals surface area contributed by atoms with Gasteiger partial charge in [0, 0.05) is 17.5 Å². The molecule has 1 heterocycles. The second-order valence-electron chi connectivity index (χ2n) is 3.58. The van der Waals surface area contributed by atoms with Crippen LogP contribution in [0.4, 0.5) is 4.39 Å². The van der Waals surface area contributed by atoms with Crippen molar-refractivity contribution in [3.8, 4) is 0 Å². The van der Waals surface area contributed by atoms with Crippen molar-refractivity contribution in [2.75, 3.05) is 0 Å². The zero-order valence-electron chi connectivity index (χ0n) is 8.61. The molecule has 1 amide bonds. The van der Waals surface area contributed by atoms with E-state index in [1.165, 1.54) is 6.07 Å². The summed E-state index contributed by atoms with van der Waals surface area (Å²) in [4.78, 5) is 14.8. The number of carbonyl (C=O) groups excluding carboxylic acids is 1. The lowest BCUT2D eigenvalue weighted by atomic mass is 10.1. The van der Waals surface area contributed by atoms with Crippen LogP contribution in [0.1, 0.15) is 12.1 Å². The molecule has 1 aromatic carbocycles. The molecule has 2 N–H and O–H groups in total. The van der Waals surface area contributed by atoms with Crippen LogP contribution in [0.3, 0.4) is 0 Å². The predicted octanol–water partition coefficient (Wildman–Crippen LogP) is 1.79. The largest absolute Gasteiger partial charge is 0.370 e. The number of halogens is 1. The molecule has 0 bridgehead atoms. The van der Waals surface area contributed by atoms with Gasteiger partial charge in [-0.1, -0.05) is 18.2 Å². The number of aryl methyl sites for hydroxylation is 1. The van der Waals surface area contributed by atoms with Gasteiger partial charge < -0.3 is 5.73 Å². The van der Waals surface area contributed by atoms with Crippen LogP contribution in [-0.4, -0.2) is 10.9 Å². The molecule has 4 heteroatoms. The zero-order chi connectivity index (χ0) is 11.5. The number of hydrogen-bond acceptors (Lipinski definition) is 2. The van der Waals surface area contributed by atoms with Gasteiger partial charge in [0.05, 0.1) is 0 Å². The number of amides is 1. The Morgan fingerprint density at radius 1 is 1.31 bits per heavy atom. The fourth-order valence-corrected chi connectivity index (χ4v) is 1.54. The SMILES string of the molecule is NC(=O)CCc1ccc2cccc(F)c2n1. The summed E-state index contributed by atoms with van der Waals surface area (Å²) < 4.78 is 13.4. The van der Waals surface area contributed by atoms with Gasteiger partial charge in [-0.2, -0.15) is 0 Å². The smallest absolute Gasteiger partial charge is 0.217 e. The van der Waals surface area contributed by atoms with Crippen molar-refractivity contribution in [1.82, 2.24) is 4.98 Å². The lowest BCUT2D eigenvalue weighted by Crippen LogP contribution is -2.11. The highest BCUT2D eigenvalue weighted by molar-refractivity contribution is 5.79. The zero-order valence-corrected chi connectivity index (χ0v) is 8.61. The van der Waals surface area contributed by atoms with Crippen LogP contribution in [0.25, 0.3) is 10.9 Å². The highest BCUT2D eigenvalue weighted by Gasteiger charge is 2.04. The van der Waals surface area contributed by atoms with E-state index in [0.717, 1.165) is 5.39 Å². The van der Waals surface area contributed by atoms with Crippen LogP contribution < -0.4 is 5.73 Å². The summed E-state index contributed by atoms with van der Waals surface area (Å²) in [5, 5.41) is 0.753. The van der Waals surface area contributed by atoms with Crippen LogP contribution in [0, 0.1) is 5.82 Å². The van der Waals surface area contributed by atoms with Gasteiger partial charge in [-0.15, -0.1) is 0 Å². The average molecular weight is 218 g/mol. The maximum absolute atomic E-state index is 13.4. The van der Waals surface area contributed by atoms with Gasteiger partial charge in [-0.05, 0) is 18.6 Å². The summed E-state index contributed by atoms with van der Waals surface area (Å²) in [6.07, 6.45) is 0.673. The first-order valence-corrected chi connectivity index (χ1v) is 4.99. The van der Waals surface area contributed by atoms with Gasteiger partial charge in [-0.25, -0.2) is 9.37 Å². The Morgan fingerprint density at radius 3 is 2.88 bits per heavy atom. The second kappa shape index (κ2) is 4.26. The van der Waals surface area contributed by atoms with Crippen molar-refractivity contribution < 1.29 is 9.18 Å². The van der Waals surface area contributed by atoms with Gasteiger partial charge in [0.2, 0.25) is 5.91 Å². The van der Waals surface area contributed by atoms with Crippen molar-refractivity contribution >= 4 is 16.8 Å². The van der Waals surface area contributed by atoms with E-state index in [9.17, 15) is 9.18 Å². The molecule has 2 aromatic rings. The number of carbonyl (C=O) groups is 1. The molecule has 0 aliphatic rings. The quantitative estimate of drug-likeness (QED) is 0.853. The number of para-hydroxylation sites is 1. The van der Waals surface area contributed by atoms with Gasteiger partial charge in [-0.3, -0.25) is 4.79 Å². The summed E-state index contributed by atoms with van der Waals surface area (Å²) in [6, 6.07) is 8.38. The van der Waals surface area contributed by atoms with Gasteiger partial charge in [0.1, 0.15) is 11.3 Å². The highest BCUT2D eigenvalue weighted by atomic mass is 19.1. The first-order valence-electron chi connectivity index (χ1n) is 4.99. The highest BCUT2D eigenvalue weighted by Crippen LogP contribution is 2.16. The standard InChI is InChI=1S/C12H11FN2O/c13-10-3-1-2-8-4-5-9(15-12(8)10)6-7-11(14)16/h1-5H,6-7H2,(H2,14,16).